The van der Waals surface area contributed by atoms with Gasteiger partial charge in [0.15, 0.2) is 0 Å². The van der Waals surface area contributed by atoms with Gasteiger partial charge < -0.3 is 10.2 Å². The smallest absolute Gasteiger partial charge is 0.351 e. The molecule has 1 heterocycles. The molecule has 0 aromatic heterocycles. The second kappa shape index (κ2) is 10.7. The van der Waals surface area contributed by atoms with E-state index < -0.39 is 34.7 Å². The molecule has 10 heteroatoms. The van der Waals surface area contributed by atoms with Crippen LogP contribution in [-0.4, -0.2) is 50.9 Å². The fourth-order valence-electron chi connectivity index (χ4n) is 3.69. The van der Waals surface area contributed by atoms with Crippen molar-refractivity contribution < 1.29 is 27.0 Å². The first-order chi connectivity index (χ1) is 16.0. The van der Waals surface area contributed by atoms with Gasteiger partial charge in [-0.25, -0.2) is 8.51 Å². The van der Waals surface area contributed by atoms with Crippen LogP contribution >= 0.6 is 0 Å². The van der Waals surface area contributed by atoms with E-state index in [9.17, 15) is 27.0 Å². The Balaban J connectivity index is 1.74. The van der Waals surface area contributed by atoms with Crippen LogP contribution < -0.4 is 5.32 Å². The average molecular weight is 496 g/mol. The lowest BCUT2D eigenvalue weighted by molar-refractivity contribution is -0.138. The van der Waals surface area contributed by atoms with Crippen LogP contribution in [0.3, 0.4) is 0 Å². The first-order valence-electron chi connectivity index (χ1n) is 10.9. The summed E-state index contributed by atoms with van der Waals surface area (Å²) in [5, 5.41) is 2.71. The number of amides is 2. The first kappa shape index (κ1) is 25.9. The first-order valence-corrected chi connectivity index (χ1v) is 12.1. The highest BCUT2D eigenvalue weighted by molar-refractivity contribution is 7.82. The van der Waals surface area contributed by atoms with Crippen molar-refractivity contribution in [3.8, 4) is 0 Å². The highest BCUT2D eigenvalue weighted by atomic mass is 32.2. The Hall–Kier alpha value is -2.72. The van der Waals surface area contributed by atoms with Crippen LogP contribution in [0.15, 0.2) is 53.4 Å². The molecular formula is C24H28F3N3O3S. The van der Waals surface area contributed by atoms with Gasteiger partial charge in [-0.3, -0.25) is 9.59 Å². The zero-order chi connectivity index (χ0) is 25.0. The number of hydrogen-bond donors (Lipinski definition) is 1. The van der Waals surface area contributed by atoms with Crippen molar-refractivity contribution in [2.75, 3.05) is 19.6 Å². The summed E-state index contributed by atoms with van der Waals surface area (Å²) in [6, 6.07) is 11.0. The topological polar surface area (TPSA) is 69.7 Å². The molecule has 1 N–H and O–H groups in total. The molecule has 3 rings (SSSR count). The summed E-state index contributed by atoms with van der Waals surface area (Å²) in [4.78, 5) is 27.0. The van der Waals surface area contributed by atoms with Crippen LogP contribution in [0.5, 0.6) is 0 Å². The van der Waals surface area contributed by atoms with Crippen LogP contribution in [0.1, 0.15) is 43.4 Å². The molecule has 0 aliphatic carbocycles. The molecule has 34 heavy (non-hydrogen) atoms. The number of benzene rings is 2. The Kier molecular flexibility index (Phi) is 8.14. The van der Waals surface area contributed by atoms with Gasteiger partial charge in [-0.15, -0.1) is 0 Å². The summed E-state index contributed by atoms with van der Waals surface area (Å²) < 4.78 is 53.2. The number of carbonyl (C=O) groups excluding carboxylic acids is 2. The van der Waals surface area contributed by atoms with Gasteiger partial charge in [0.2, 0.25) is 11.8 Å². The quantitative estimate of drug-likeness (QED) is 0.665. The molecule has 1 aliphatic rings. The molecule has 2 aromatic rings. The summed E-state index contributed by atoms with van der Waals surface area (Å²) in [5.41, 5.74) is 0.836. The fraction of sp³-hybridized carbons (Fsp3) is 0.417. The lowest BCUT2D eigenvalue weighted by Crippen LogP contribution is -2.59. The van der Waals surface area contributed by atoms with Crippen LogP contribution in [0.2, 0.25) is 0 Å². The fourth-order valence-corrected chi connectivity index (χ4v) is 4.97. The average Bonchev–Trinajstić information content (AvgIpc) is 2.81. The molecule has 2 unspecified atom stereocenters. The number of piperazine rings is 1. The molecule has 0 spiro atoms. The van der Waals surface area contributed by atoms with Crippen molar-refractivity contribution in [2.45, 2.75) is 50.3 Å². The lowest BCUT2D eigenvalue weighted by Gasteiger charge is -2.39. The van der Waals surface area contributed by atoms with Crippen molar-refractivity contribution in [3.05, 3.63) is 65.2 Å². The maximum absolute atomic E-state index is 13.3. The minimum atomic E-state index is -4.43. The molecule has 1 aliphatic heterocycles. The molecule has 0 radical (unpaired) electrons. The van der Waals surface area contributed by atoms with E-state index in [0.717, 1.165) is 17.7 Å². The molecule has 2 amide bonds. The zero-order valence-electron chi connectivity index (χ0n) is 19.3. The standard InChI is InChI=1S/C24H28F3N3O3S/c1-16(2)19-6-10-21(11-7-19)34(33)30-13-12-29(17(3)31)15-22(30)23(32)28-14-18-4-8-20(9-5-18)24(25,26)27/h4-11,16,22H,12-15H2,1-3H3,(H,28,32). The third-order valence-corrected chi connectivity index (χ3v) is 7.33. The molecule has 1 fully saturated rings. The Bertz CT molecular complexity index is 1040. The van der Waals surface area contributed by atoms with Crippen LogP contribution in [0.25, 0.3) is 0 Å². The Morgan fingerprint density at radius 2 is 1.68 bits per heavy atom. The molecule has 0 bridgehead atoms. The summed E-state index contributed by atoms with van der Waals surface area (Å²) in [6.07, 6.45) is -4.43. The molecule has 2 aromatic carbocycles. The van der Waals surface area contributed by atoms with E-state index in [-0.39, 0.29) is 25.5 Å². The number of hydrogen-bond acceptors (Lipinski definition) is 3. The molecule has 0 saturated carbocycles. The number of rotatable bonds is 6. The number of nitrogens with zero attached hydrogens (tertiary/aromatic N) is 2. The van der Waals surface area contributed by atoms with E-state index in [0.29, 0.717) is 22.9 Å². The maximum Gasteiger partial charge on any atom is 0.416 e. The van der Waals surface area contributed by atoms with Crippen LogP contribution in [-0.2, 0) is 33.3 Å². The van der Waals surface area contributed by atoms with E-state index in [1.54, 1.807) is 16.4 Å². The van der Waals surface area contributed by atoms with Gasteiger partial charge in [-0.2, -0.15) is 13.2 Å². The van der Waals surface area contributed by atoms with Crippen LogP contribution in [0.4, 0.5) is 13.2 Å². The summed E-state index contributed by atoms with van der Waals surface area (Å²) in [7, 11) is -1.62. The summed E-state index contributed by atoms with van der Waals surface area (Å²) >= 11 is 0. The van der Waals surface area contributed by atoms with Crippen molar-refractivity contribution in [2.24, 2.45) is 0 Å². The van der Waals surface area contributed by atoms with Crippen LogP contribution in [0, 0.1) is 0 Å². The predicted octanol–water partition coefficient (Wildman–Crippen LogP) is 3.70. The zero-order valence-corrected chi connectivity index (χ0v) is 20.1. The largest absolute Gasteiger partial charge is 0.416 e. The Labute approximate surface area is 199 Å². The van der Waals surface area contributed by atoms with Gasteiger partial charge in [0, 0.05) is 33.1 Å². The third-order valence-electron chi connectivity index (χ3n) is 5.79. The number of carbonyl (C=O) groups is 2. The lowest BCUT2D eigenvalue weighted by atomic mass is 10.0. The molecule has 2 atom stereocenters. The molecule has 1 saturated heterocycles. The van der Waals surface area contributed by atoms with E-state index in [1.807, 2.05) is 12.1 Å². The molecule has 184 valence electrons. The van der Waals surface area contributed by atoms with Gasteiger partial charge in [-0.05, 0) is 41.3 Å². The monoisotopic (exact) mass is 495 g/mol. The highest BCUT2D eigenvalue weighted by Gasteiger charge is 2.37. The van der Waals surface area contributed by atoms with E-state index in [1.165, 1.54) is 24.0 Å². The van der Waals surface area contributed by atoms with E-state index >= 15 is 0 Å². The maximum atomic E-state index is 13.3. The Morgan fingerprint density at radius 1 is 1.06 bits per heavy atom. The summed E-state index contributed by atoms with van der Waals surface area (Å²) in [6.45, 7) is 6.20. The second-order valence-corrected chi connectivity index (χ2v) is 9.95. The summed E-state index contributed by atoms with van der Waals surface area (Å²) in [5.74, 6) is -0.310. The third kappa shape index (κ3) is 6.24. The SMILES string of the molecule is CC(=O)N1CCN(S(=O)c2ccc(C(C)C)cc2)C(C(=O)NCc2ccc(C(F)(F)F)cc2)C1. The minimum absolute atomic E-state index is 0.0110. The van der Waals surface area contributed by atoms with E-state index in [2.05, 4.69) is 19.2 Å². The van der Waals surface area contributed by atoms with Crippen molar-refractivity contribution >= 4 is 22.8 Å². The predicted molar refractivity (Wildman–Crippen MR) is 123 cm³/mol. The van der Waals surface area contributed by atoms with Crippen molar-refractivity contribution in [1.82, 2.24) is 14.5 Å². The normalized spacial score (nSPS) is 18.1. The van der Waals surface area contributed by atoms with Gasteiger partial charge in [-0.1, -0.05) is 38.1 Å². The number of alkyl halides is 3. The Morgan fingerprint density at radius 3 is 2.21 bits per heavy atom. The molecule has 6 nitrogen and oxygen atoms in total. The van der Waals surface area contributed by atoms with Gasteiger partial charge >= 0.3 is 6.18 Å². The highest BCUT2D eigenvalue weighted by Crippen LogP contribution is 2.29. The minimum Gasteiger partial charge on any atom is -0.351 e. The van der Waals surface area contributed by atoms with Gasteiger partial charge in [0.1, 0.15) is 17.0 Å². The van der Waals surface area contributed by atoms with Crippen molar-refractivity contribution in [1.29, 1.82) is 0 Å². The number of halogens is 3. The second-order valence-electron chi connectivity index (χ2n) is 8.51. The molecular weight excluding hydrogens is 467 g/mol. The van der Waals surface area contributed by atoms with Gasteiger partial charge in [0.05, 0.1) is 10.5 Å². The van der Waals surface area contributed by atoms with Gasteiger partial charge in [0.25, 0.3) is 0 Å². The number of nitrogens with one attached hydrogen (secondary N) is 1. The van der Waals surface area contributed by atoms with E-state index in [4.69, 9.17) is 0 Å². The van der Waals surface area contributed by atoms with Crippen molar-refractivity contribution in [3.63, 3.8) is 0 Å².